The van der Waals surface area contributed by atoms with Crippen LogP contribution < -0.4 is 10.2 Å². The molecule has 2 aromatic rings. The van der Waals surface area contributed by atoms with Crippen LogP contribution in [0.1, 0.15) is 31.4 Å². The summed E-state index contributed by atoms with van der Waals surface area (Å²) in [5.74, 6) is 0.689. The molecule has 1 saturated carbocycles. The van der Waals surface area contributed by atoms with E-state index in [1.807, 2.05) is 12.1 Å². The lowest BCUT2D eigenvalue weighted by molar-refractivity contribution is -0.0914. The first kappa shape index (κ1) is 24.5. The van der Waals surface area contributed by atoms with Crippen molar-refractivity contribution in [2.45, 2.75) is 37.1 Å². The van der Waals surface area contributed by atoms with Gasteiger partial charge in [0.1, 0.15) is 5.82 Å². The zero-order chi connectivity index (χ0) is 24.1. The highest BCUT2D eigenvalue weighted by molar-refractivity contribution is 8.08. The summed E-state index contributed by atoms with van der Waals surface area (Å²) in [6.07, 6.45) is 2.37. The van der Waals surface area contributed by atoms with Crippen molar-refractivity contribution in [2.24, 2.45) is 4.99 Å². The maximum atomic E-state index is 13.7. The summed E-state index contributed by atoms with van der Waals surface area (Å²) in [6.45, 7) is 7.03. The first-order valence-electron chi connectivity index (χ1n) is 11.3. The summed E-state index contributed by atoms with van der Waals surface area (Å²) < 4.78 is 41.1. The molecule has 0 aromatic carbocycles. The van der Waals surface area contributed by atoms with Crippen molar-refractivity contribution in [3.05, 3.63) is 42.0 Å². The molecule has 2 aliphatic rings. The van der Waals surface area contributed by atoms with E-state index in [4.69, 9.17) is 0 Å². The van der Waals surface area contributed by atoms with Crippen molar-refractivity contribution >= 4 is 40.8 Å². The van der Waals surface area contributed by atoms with E-state index in [-0.39, 0.29) is 21.8 Å². The monoisotopic (exact) mass is 491 g/mol. The average molecular weight is 492 g/mol. The molecule has 0 spiro atoms. The number of nitrogens with one attached hydrogen (secondary N) is 1. The molecule has 2 fully saturated rings. The van der Waals surface area contributed by atoms with Crippen molar-refractivity contribution in [3.63, 3.8) is 0 Å². The fourth-order valence-electron chi connectivity index (χ4n) is 4.07. The van der Waals surface area contributed by atoms with Gasteiger partial charge in [0.15, 0.2) is 5.70 Å². The number of likely N-dealkylation sites (N-methyl/N-ethyl adjacent to an activating group) is 1. The van der Waals surface area contributed by atoms with Crippen LogP contribution in [0.2, 0.25) is 0 Å². The van der Waals surface area contributed by atoms with Crippen molar-refractivity contribution in [1.29, 1.82) is 0 Å². The van der Waals surface area contributed by atoms with Gasteiger partial charge in [0, 0.05) is 37.6 Å². The minimum Gasteiger partial charge on any atom is -0.368 e. The maximum absolute atomic E-state index is 13.7. The molecule has 182 valence electrons. The lowest BCUT2D eigenvalue weighted by Gasteiger charge is -2.33. The van der Waals surface area contributed by atoms with E-state index in [1.165, 1.54) is 24.0 Å². The number of hydrogen-bond acceptors (Lipinski definition) is 8. The quantitative estimate of drug-likeness (QED) is 0.548. The van der Waals surface area contributed by atoms with Crippen LogP contribution in [0.25, 0.3) is 4.91 Å². The van der Waals surface area contributed by atoms with Crippen LogP contribution in [-0.4, -0.2) is 71.2 Å². The van der Waals surface area contributed by atoms with Crippen molar-refractivity contribution < 1.29 is 13.2 Å². The van der Waals surface area contributed by atoms with Gasteiger partial charge in [-0.15, -0.1) is 11.8 Å². The third-order valence-corrected chi connectivity index (χ3v) is 7.42. The summed E-state index contributed by atoms with van der Waals surface area (Å²) in [4.78, 5) is 20.9. The van der Waals surface area contributed by atoms with Gasteiger partial charge in [0.2, 0.25) is 5.95 Å². The Labute approximate surface area is 201 Å². The minimum absolute atomic E-state index is 0.0155. The second-order valence-corrected chi connectivity index (χ2v) is 9.75. The Bertz CT molecular complexity index is 1010. The zero-order valence-corrected chi connectivity index (χ0v) is 19.9. The third kappa shape index (κ3) is 6.06. The SMILES string of the molecule is C=N/C(=C(\SC1CCCC1)c1ccnc(Nc2ccc(N3CCN(C)CC3)cn2)n1)C(F)(F)F. The number of piperazine rings is 1. The van der Waals surface area contributed by atoms with Crippen molar-refractivity contribution in [2.75, 3.05) is 43.4 Å². The Morgan fingerprint density at radius 1 is 1.12 bits per heavy atom. The molecule has 4 rings (SSSR count). The average Bonchev–Trinajstić information content (AvgIpc) is 3.33. The molecule has 34 heavy (non-hydrogen) atoms. The predicted molar refractivity (Wildman–Crippen MR) is 132 cm³/mol. The molecule has 0 unspecified atom stereocenters. The van der Waals surface area contributed by atoms with E-state index in [0.29, 0.717) is 5.82 Å². The lowest BCUT2D eigenvalue weighted by atomic mass is 10.3. The minimum atomic E-state index is -4.62. The Kier molecular flexibility index (Phi) is 7.72. The van der Waals surface area contributed by atoms with E-state index in [2.05, 4.69) is 48.8 Å². The number of aliphatic imine (C=N–C) groups is 1. The second kappa shape index (κ2) is 10.7. The molecule has 7 nitrogen and oxygen atoms in total. The zero-order valence-electron chi connectivity index (χ0n) is 19.1. The Hall–Kier alpha value is -2.66. The number of halogens is 3. The van der Waals surface area contributed by atoms with Gasteiger partial charge in [-0.2, -0.15) is 13.2 Å². The number of anilines is 3. The van der Waals surface area contributed by atoms with Crippen LogP contribution in [0.3, 0.4) is 0 Å². The van der Waals surface area contributed by atoms with Crippen LogP contribution >= 0.6 is 11.8 Å². The fourth-order valence-corrected chi connectivity index (χ4v) is 5.50. The number of hydrogen-bond donors (Lipinski definition) is 1. The maximum Gasteiger partial charge on any atom is 0.434 e. The van der Waals surface area contributed by atoms with Gasteiger partial charge in [-0.05, 0) is 44.8 Å². The van der Waals surface area contributed by atoms with E-state index in [9.17, 15) is 13.2 Å². The first-order chi connectivity index (χ1) is 16.3. The van der Waals surface area contributed by atoms with Crippen LogP contribution in [-0.2, 0) is 0 Å². The summed E-state index contributed by atoms with van der Waals surface area (Å²) in [5, 5.41) is 3.11. The van der Waals surface area contributed by atoms with E-state index >= 15 is 0 Å². The summed E-state index contributed by atoms with van der Waals surface area (Å²) >= 11 is 1.18. The number of alkyl halides is 3. The molecule has 0 atom stereocenters. The Morgan fingerprint density at radius 2 is 1.85 bits per heavy atom. The van der Waals surface area contributed by atoms with E-state index in [0.717, 1.165) is 57.5 Å². The molecule has 11 heteroatoms. The van der Waals surface area contributed by atoms with Gasteiger partial charge >= 0.3 is 6.18 Å². The topological polar surface area (TPSA) is 69.5 Å². The van der Waals surface area contributed by atoms with Gasteiger partial charge < -0.3 is 15.1 Å². The van der Waals surface area contributed by atoms with Gasteiger partial charge in [-0.1, -0.05) is 12.8 Å². The highest BCUT2D eigenvalue weighted by Gasteiger charge is 2.38. The summed E-state index contributed by atoms with van der Waals surface area (Å²) in [7, 11) is 2.10. The fraction of sp³-hybridized carbons (Fsp3) is 0.478. The molecule has 3 heterocycles. The molecule has 2 aromatic heterocycles. The molecule has 1 N–H and O–H groups in total. The third-order valence-electron chi connectivity index (χ3n) is 5.97. The van der Waals surface area contributed by atoms with Crippen LogP contribution in [0.4, 0.5) is 30.6 Å². The van der Waals surface area contributed by atoms with Crippen molar-refractivity contribution in [1.82, 2.24) is 19.9 Å². The van der Waals surface area contributed by atoms with Crippen molar-refractivity contribution in [3.8, 4) is 0 Å². The number of rotatable bonds is 7. The molecule has 1 aliphatic carbocycles. The standard InChI is InChI=1S/C23H28F3N7S/c1-27-21(23(24,25)26)20(34-17-5-3-4-6-17)18-9-10-28-22(30-18)31-19-8-7-16(15-29-19)33-13-11-32(2)12-14-33/h7-10,15,17H,1,3-6,11-14H2,2H3,(H,28,29,30,31)/b21-20-. The lowest BCUT2D eigenvalue weighted by Crippen LogP contribution is -2.44. The molecule has 0 bridgehead atoms. The van der Waals surface area contributed by atoms with Crippen LogP contribution in [0.5, 0.6) is 0 Å². The van der Waals surface area contributed by atoms with E-state index in [1.54, 1.807) is 6.20 Å². The smallest absolute Gasteiger partial charge is 0.368 e. The van der Waals surface area contributed by atoms with Crippen LogP contribution in [0.15, 0.2) is 41.3 Å². The Morgan fingerprint density at radius 3 is 2.47 bits per heavy atom. The number of thioether (sulfide) groups is 1. The second-order valence-electron chi connectivity index (χ2n) is 8.44. The normalized spacial score (nSPS) is 18.6. The molecule has 1 aliphatic heterocycles. The molecular weight excluding hydrogens is 463 g/mol. The molecule has 1 saturated heterocycles. The van der Waals surface area contributed by atoms with Gasteiger partial charge in [0.25, 0.3) is 0 Å². The van der Waals surface area contributed by atoms with Gasteiger partial charge in [-0.3, -0.25) is 4.99 Å². The Balaban J connectivity index is 1.54. The highest BCUT2D eigenvalue weighted by Crippen LogP contribution is 2.44. The number of nitrogens with zero attached hydrogens (tertiary/aromatic N) is 6. The molecule has 0 amide bonds. The number of aromatic nitrogens is 3. The summed E-state index contributed by atoms with van der Waals surface area (Å²) in [5.41, 5.74) is 0.185. The first-order valence-corrected chi connectivity index (χ1v) is 12.2. The van der Waals surface area contributed by atoms with Gasteiger partial charge in [-0.25, -0.2) is 15.0 Å². The van der Waals surface area contributed by atoms with Gasteiger partial charge in [0.05, 0.1) is 22.5 Å². The van der Waals surface area contributed by atoms with Crippen LogP contribution in [0, 0.1) is 0 Å². The number of pyridine rings is 1. The summed E-state index contributed by atoms with van der Waals surface area (Å²) in [6, 6.07) is 5.26. The number of allylic oxidation sites excluding steroid dienone is 1. The molecular formula is C23H28F3N7S. The largest absolute Gasteiger partial charge is 0.434 e. The predicted octanol–water partition coefficient (Wildman–Crippen LogP) is 4.97. The highest BCUT2D eigenvalue weighted by atomic mass is 32.2. The van der Waals surface area contributed by atoms with E-state index < -0.39 is 11.9 Å². The molecule has 0 radical (unpaired) electrons.